The third kappa shape index (κ3) is 6.09. The molecule has 3 rings (SSSR count). The molecule has 10 heteroatoms. The molecular weight excluding hydrogens is 430 g/mol. The smallest absolute Gasteiger partial charge is 0.459 e. The zero-order valence-electron chi connectivity index (χ0n) is 17.8. The number of carbonyl (C=O) groups is 1. The van der Waals surface area contributed by atoms with E-state index in [9.17, 15) is 22.4 Å². The highest BCUT2D eigenvalue weighted by Crippen LogP contribution is 2.28. The maximum atomic E-state index is 13.2. The predicted molar refractivity (Wildman–Crippen MR) is 110 cm³/mol. The van der Waals surface area contributed by atoms with Crippen LogP contribution in [-0.2, 0) is 11.3 Å². The van der Waals surface area contributed by atoms with Crippen LogP contribution in [0.25, 0.3) is 0 Å². The second-order valence-electron chi connectivity index (χ2n) is 7.70. The summed E-state index contributed by atoms with van der Waals surface area (Å²) in [5, 5.41) is 0. The molecule has 0 spiro atoms. The summed E-state index contributed by atoms with van der Waals surface area (Å²) in [6.45, 7) is 6.46. The lowest BCUT2D eigenvalue weighted by Crippen LogP contribution is -2.46. The van der Waals surface area contributed by atoms with Gasteiger partial charge in [-0.25, -0.2) is 9.78 Å². The molecule has 32 heavy (non-hydrogen) atoms. The van der Waals surface area contributed by atoms with Crippen LogP contribution < -0.4 is 9.64 Å². The molecule has 1 aromatic carbocycles. The highest BCUT2D eigenvalue weighted by molar-refractivity contribution is 5.94. The first-order valence-corrected chi connectivity index (χ1v) is 10.2. The Morgan fingerprint density at radius 3 is 2.50 bits per heavy atom. The van der Waals surface area contributed by atoms with E-state index >= 15 is 0 Å². The largest absolute Gasteiger partial charge is 0.461 e. The summed E-state index contributed by atoms with van der Waals surface area (Å²) in [5.41, 5.74) is 1.07. The van der Waals surface area contributed by atoms with Crippen molar-refractivity contribution >= 4 is 11.8 Å². The van der Waals surface area contributed by atoms with Gasteiger partial charge in [0.15, 0.2) is 0 Å². The van der Waals surface area contributed by atoms with Crippen LogP contribution in [0.3, 0.4) is 0 Å². The third-order valence-corrected chi connectivity index (χ3v) is 4.83. The Kier molecular flexibility index (Phi) is 7.55. The van der Waals surface area contributed by atoms with Crippen molar-refractivity contribution in [2.24, 2.45) is 0 Å². The van der Waals surface area contributed by atoms with Crippen molar-refractivity contribution in [3.8, 4) is 5.75 Å². The van der Waals surface area contributed by atoms with Crippen LogP contribution in [0, 0.1) is 0 Å². The molecule has 1 saturated heterocycles. The summed E-state index contributed by atoms with van der Waals surface area (Å²) in [6, 6.07) is 9.13. The normalized spacial score (nSPS) is 15.3. The van der Waals surface area contributed by atoms with E-state index in [4.69, 9.17) is 4.74 Å². The van der Waals surface area contributed by atoms with Crippen LogP contribution in [0.4, 0.5) is 23.4 Å². The van der Waals surface area contributed by atoms with Gasteiger partial charge in [-0.15, -0.1) is 0 Å². The molecule has 0 N–H and O–H groups in total. The first-order chi connectivity index (χ1) is 15.2. The Morgan fingerprint density at radius 2 is 1.84 bits per heavy atom. The van der Waals surface area contributed by atoms with Crippen molar-refractivity contribution in [2.45, 2.75) is 39.0 Å². The molecule has 0 saturated carbocycles. The van der Waals surface area contributed by atoms with Gasteiger partial charge in [-0.05, 0) is 43.7 Å². The molecule has 0 amide bonds. The molecule has 1 fully saturated rings. The fourth-order valence-electron chi connectivity index (χ4n) is 3.37. The van der Waals surface area contributed by atoms with Crippen LogP contribution in [-0.4, -0.2) is 60.7 Å². The van der Waals surface area contributed by atoms with Gasteiger partial charge in [-0.2, -0.15) is 17.6 Å². The lowest BCUT2D eigenvalue weighted by atomic mass is 10.1. The van der Waals surface area contributed by atoms with Crippen LogP contribution in [0.5, 0.6) is 5.75 Å². The van der Waals surface area contributed by atoms with E-state index in [-0.39, 0.29) is 11.9 Å². The van der Waals surface area contributed by atoms with Crippen LogP contribution in [0.15, 0.2) is 42.6 Å². The average Bonchev–Trinajstić information content (AvgIpc) is 2.74. The van der Waals surface area contributed by atoms with Gasteiger partial charge in [0.25, 0.3) is 0 Å². The number of hydrogen-bond donors (Lipinski definition) is 0. The van der Waals surface area contributed by atoms with E-state index < -0.39 is 18.5 Å². The molecule has 0 bridgehead atoms. The highest BCUT2D eigenvalue weighted by Gasteiger charge is 2.44. The second kappa shape index (κ2) is 10.2. The van der Waals surface area contributed by atoms with Crippen molar-refractivity contribution < 1.29 is 31.8 Å². The van der Waals surface area contributed by atoms with Gasteiger partial charge in [0.2, 0.25) is 0 Å². The Balaban J connectivity index is 1.61. The number of rotatable bonds is 8. The number of halogens is 4. The van der Waals surface area contributed by atoms with E-state index in [0.29, 0.717) is 49.7 Å². The van der Waals surface area contributed by atoms with Crippen molar-refractivity contribution in [1.29, 1.82) is 0 Å². The number of ether oxygens (including phenoxy) is 2. The molecule has 6 nitrogen and oxygen atoms in total. The molecule has 174 valence electrons. The number of hydrogen-bond acceptors (Lipinski definition) is 6. The SMILES string of the molecule is CC(C)OC(=O)c1cccnc1N1CCN(Cc2cccc(OC(F)(F)C(F)F)c2)CC1. The Bertz CT molecular complexity index is 919. The minimum atomic E-state index is -4.54. The van der Waals surface area contributed by atoms with Crippen molar-refractivity contribution in [3.05, 3.63) is 53.7 Å². The number of aromatic nitrogens is 1. The zero-order valence-corrected chi connectivity index (χ0v) is 17.8. The molecular formula is C22H25F4N3O3. The number of benzene rings is 1. The summed E-state index contributed by atoms with van der Waals surface area (Å²) >= 11 is 0. The topological polar surface area (TPSA) is 54.9 Å². The van der Waals surface area contributed by atoms with Crippen molar-refractivity contribution in [3.63, 3.8) is 0 Å². The van der Waals surface area contributed by atoms with E-state index in [0.717, 1.165) is 0 Å². The number of piperazine rings is 1. The minimum absolute atomic E-state index is 0.243. The quantitative estimate of drug-likeness (QED) is 0.439. The summed E-state index contributed by atoms with van der Waals surface area (Å²) < 4.78 is 60.5. The Hall–Kier alpha value is -2.88. The Labute approximate surface area is 183 Å². The highest BCUT2D eigenvalue weighted by atomic mass is 19.3. The van der Waals surface area contributed by atoms with Crippen LogP contribution >= 0.6 is 0 Å². The van der Waals surface area contributed by atoms with Crippen molar-refractivity contribution in [2.75, 3.05) is 31.1 Å². The molecule has 1 aliphatic rings. The van der Waals surface area contributed by atoms with Gasteiger partial charge in [0.05, 0.1) is 6.10 Å². The van der Waals surface area contributed by atoms with Gasteiger partial charge >= 0.3 is 18.5 Å². The minimum Gasteiger partial charge on any atom is -0.459 e. The molecule has 2 aromatic rings. The fraction of sp³-hybridized carbons (Fsp3) is 0.455. The van der Waals surface area contributed by atoms with Crippen LogP contribution in [0.1, 0.15) is 29.8 Å². The number of carbonyl (C=O) groups excluding carboxylic acids is 1. The van der Waals surface area contributed by atoms with Gasteiger partial charge in [-0.3, -0.25) is 4.90 Å². The molecule has 0 radical (unpaired) electrons. The van der Waals surface area contributed by atoms with Gasteiger partial charge < -0.3 is 14.4 Å². The first kappa shape index (κ1) is 23.8. The van der Waals surface area contributed by atoms with Gasteiger partial charge in [0, 0.05) is 38.9 Å². The maximum Gasteiger partial charge on any atom is 0.461 e. The molecule has 1 aliphatic heterocycles. The third-order valence-electron chi connectivity index (χ3n) is 4.83. The lowest BCUT2D eigenvalue weighted by molar-refractivity contribution is -0.253. The molecule has 0 atom stereocenters. The first-order valence-electron chi connectivity index (χ1n) is 10.2. The lowest BCUT2D eigenvalue weighted by Gasteiger charge is -2.36. The van der Waals surface area contributed by atoms with Gasteiger partial charge in [-0.1, -0.05) is 12.1 Å². The number of anilines is 1. The second-order valence-corrected chi connectivity index (χ2v) is 7.70. The monoisotopic (exact) mass is 455 g/mol. The predicted octanol–water partition coefficient (Wildman–Crippen LogP) is 4.21. The zero-order chi connectivity index (χ0) is 23.3. The standard InChI is InChI=1S/C22H25F4N3O3/c1-15(2)31-20(30)18-7-4-8-27-19(18)29-11-9-28(10-12-29)14-16-5-3-6-17(13-16)32-22(25,26)21(23)24/h3-8,13,15,21H,9-12,14H2,1-2H3. The average molecular weight is 455 g/mol. The van der Waals surface area contributed by atoms with E-state index in [2.05, 4.69) is 14.6 Å². The number of nitrogens with zero attached hydrogens (tertiary/aromatic N) is 3. The van der Waals surface area contributed by atoms with E-state index in [1.54, 1.807) is 38.2 Å². The van der Waals surface area contributed by atoms with Crippen LogP contribution in [0.2, 0.25) is 0 Å². The molecule has 0 unspecified atom stereocenters. The Morgan fingerprint density at radius 1 is 1.12 bits per heavy atom. The number of pyridine rings is 1. The fourth-order valence-corrected chi connectivity index (χ4v) is 3.37. The summed E-state index contributed by atoms with van der Waals surface area (Å²) in [6.07, 6.45) is -7.07. The van der Waals surface area contributed by atoms with E-state index in [1.165, 1.54) is 18.2 Å². The molecule has 1 aromatic heterocycles. The summed E-state index contributed by atoms with van der Waals surface area (Å²) in [5.74, 6) is -0.182. The van der Waals surface area contributed by atoms with Crippen molar-refractivity contribution in [1.82, 2.24) is 9.88 Å². The summed E-state index contributed by atoms with van der Waals surface area (Å²) in [4.78, 5) is 20.8. The summed E-state index contributed by atoms with van der Waals surface area (Å²) in [7, 11) is 0. The number of esters is 1. The number of alkyl halides is 4. The molecule has 0 aliphatic carbocycles. The molecule has 2 heterocycles. The van der Waals surface area contributed by atoms with Gasteiger partial charge in [0.1, 0.15) is 17.1 Å². The van der Waals surface area contributed by atoms with E-state index in [1.807, 2.05) is 4.90 Å². The maximum absolute atomic E-state index is 13.2.